The summed E-state index contributed by atoms with van der Waals surface area (Å²) in [6, 6.07) is 42.7. The molecule has 0 radical (unpaired) electrons. The van der Waals surface area contributed by atoms with E-state index in [-0.39, 0.29) is 12.0 Å². The Bertz CT molecular complexity index is 1930. The van der Waals surface area contributed by atoms with Crippen LogP contribution in [0.25, 0.3) is 50.4 Å². The van der Waals surface area contributed by atoms with Crippen molar-refractivity contribution in [2.45, 2.75) is 12.0 Å². The number of allylic oxidation sites excluding steroid dienone is 2. The number of ether oxygens (including phenoxy) is 1. The summed E-state index contributed by atoms with van der Waals surface area (Å²) in [6.07, 6.45) is 8.64. The van der Waals surface area contributed by atoms with Crippen LogP contribution in [0.2, 0.25) is 0 Å². The van der Waals surface area contributed by atoms with Crippen molar-refractivity contribution in [2.75, 3.05) is 0 Å². The summed E-state index contributed by atoms with van der Waals surface area (Å²) in [5.74, 6) is 2.17. The molecule has 3 heteroatoms. The topological polar surface area (TPSA) is 27.1 Å². The highest BCUT2D eigenvalue weighted by Gasteiger charge is 2.33. The van der Waals surface area contributed by atoms with Crippen molar-refractivity contribution in [3.63, 3.8) is 0 Å². The largest absolute Gasteiger partial charge is 0.484 e. The van der Waals surface area contributed by atoms with Crippen LogP contribution in [0.3, 0.4) is 0 Å². The monoisotopic (exact) mass is 514 g/mol. The molecule has 2 unspecified atom stereocenters. The highest BCUT2D eigenvalue weighted by Crippen LogP contribution is 2.47. The summed E-state index contributed by atoms with van der Waals surface area (Å²) in [5.41, 5.74) is 10.1. The minimum absolute atomic E-state index is 0.0624. The summed E-state index contributed by atoms with van der Waals surface area (Å²) in [5, 5.41) is 0. The summed E-state index contributed by atoms with van der Waals surface area (Å²) < 4.78 is 8.74. The molecular formula is C37H26N2O. The Morgan fingerprint density at radius 3 is 2.23 bits per heavy atom. The quantitative estimate of drug-likeness (QED) is 0.235. The van der Waals surface area contributed by atoms with E-state index in [1.165, 1.54) is 16.7 Å². The van der Waals surface area contributed by atoms with E-state index in [4.69, 9.17) is 9.72 Å². The van der Waals surface area contributed by atoms with Crippen LogP contribution in [-0.2, 0) is 0 Å². The van der Waals surface area contributed by atoms with E-state index in [9.17, 15) is 0 Å². The average molecular weight is 515 g/mol. The molecule has 0 bridgehead atoms. The third kappa shape index (κ3) is 3.70. The van der Waals surface area contributed by atoms with Gasteiger partial charge in [0.2, 0.25) is 0 Å². The van der Waals surface area contributed by atoms with E-state index in [1.54, 1.807) is 0 Å². The Morgan fingerprint density at radius 2 is 1.32 bits per heavy atom. The SMILES string of the molecule is C1=CC2Oc3c(-c4cccc(-c5nc6ccccc6n5-c5ccc(-c6ccccc6)cc5)c4)cccc3C2C=C1. The summed E-state index contributed by atoms with van der Waals surface area (Å²) in [4.78, 5) is 5.12. The predicted molar refractivity (Wildman–Crippen MR) is 163 cm³/mol. The number of hydrogen-bond donors (Lipinski definition) is 0. The van der Waals surface area contributed by atoms with E-state index >= 15 is 0 Å². The van der Waals surface area contributed by atoms with Gasteiger partial charge in [0.1, 0.15) is 17.7 Å². The van der Waals surface area contributed by atoms with Gasteiger partial charge in [0, 0.05) is 28.3 Å². The molecule has 2 heterocycles. The van der Waals surface area contributed by atoms with E-state index < -0.39 is 0 Å². The number of nitrogens with zero attached hydrogens (tertiary/aromatic N) is 2. The van der Waals surface area contributed by atoms with Crippen LogP contribution in [0.15, 0.2) is 146 Å². The zero-order valence-corrected chi connectivity index (χ0v) is 21.8. The first-order valence-corrected chi connectivity index (χ1v) is 13.7. The van der Waals surface area contributed by atoms with E-state index in [1.807, 2.05) is 12.1 Å². The summed E-state index contributed by atoms with van der Waals surface area (Å²) in [7, 11) is 0. The van der Waals surface area contributed by atoms with Crippen molar-refractivity contribution in [3.05, 3.63) is 151 Å². The molecule has 0 saturated carbocycles. The Balaban J connectivity index is 1.24. The lowest BCUT2D eigenvalue weighted by atomic mass is 9.90. The first kappa shape index (κ1) is 22.8. The van der Waals surface area contributed by atoms with Crippen molar-refractivity contribution in [2.24, 2.45) is 0 Å². The molecule has 2 aliphatic rings. The maximum atomic E-state index is 6.47. The highest BCUT2D eigenvalue weighted by atomic mass is 16.5. The Hall–Kier alpha value is -5.15. The predicted octanol–water partition coefficient (Wildman–Crippen LogP) is 9.00. The van der Waals surface area contributed by atoms with E-state index in [2.05, 4.69) is 138 Å². The Morgan fingerprint density at radius 1 is 0.600 bits per heavy atom. The molecule has 1 aliphatic heterocycles. The molecule has 0 saturated heterocycles. The van der Waals surface area contributed by atoms with Crippen molar-refractivity contribution < 1.29 is 4.74 Å². The second-order valence-corrected chi connectivity index (χ2v) is 10.4. The maximum Gasteiger partial charge on any atom is 0.145 e. The van der Waals surface area contributed by atoms with Crippen LogP contribution in [0.5, 0.6) is 5.75 Å². The van der Waals surface area contributed by atoms with Crippen molar-refractivity contribution >= 4 is 11.0 Å². The van der Waals surface area contributed by atoms with Crippen LogP contribution < -0.4 is 4.74 Å². The lowest BCUT2D eigenvalue weighted by Crippen LogP contribution is -2.15. The van der Waals surface area contributed by atoms with Gasteiger partial charge in [-0.25, -0.2) is 4.98 Å². The third-order valence-electron chi connectivity index (χ3n) is 7.97. The summed E-state index contributed by atoms with van der Waals surface area (Å²) >= 11 is 0. The van der Waals surface area contributed by atoms with Crippen LogP contribution in [0.4, 0.5) is 0 Å². The number of aromatic nitrogens is 2. The first-order chi connectivity index (χ1) is 19.8. The molecule has 0 amide bonds. The second kappa shape index (κ2) is 9.25. The van der Waals surface area contributed by atoms with E-state index in [0.29, 0.717) is 0 Å². The fourth-order valence-corrected chi connectivity index (χ4v) is 6.03. The molecule has 40 heavy (non-hydrogen) atoms. The van der Waals surface area contributed by atoms with Gasteiger partial charge in [-0.15, -0.1) is 0 Å². The summed E-state index contributed by atoms with van der Waals surface area (Å²) in [6.45, 7) is 0. The fourth-order valence-electron chi connectivity index (χ4n) is 6.03. The molecule has 2 atom stereocenters. The van der Waals surface area contributed by atoms with Crippen LogP contribution in [-0.4, -0.2) is 15.7 Å². The van der Waals surface area contributed by atoms with Crippen molar-refractivity contribution in [3.8, 4) is 45.1 Å². The maximum absolute atomic E-state index is 6.47. The minimum atomic E-state index is 0.0624. The third-order valence-corrected chi connectivity index (χ3v) is 7.97. The lowest BCUT2D eigenvalue weighted by Gasteiger charge is -2.14. The molecule has 1 aromatic heterocycles. The molecule has 0 fully saturated rings. The number of benzene rings is 5. The smallest absolute Gasteiger partial charge is 0.145 e. The molecule has 6 aromatic rings. The van der Waals surface area contributed by atoms with Gasteiger partial charge in [-0.1, -0.05) is 109 Å². The van der Waals surface area contributed by atoms with Gasteiger partial charge < -0.3 is 4.74 Å². The second-order valence-electron chi connectivity index (χ2n) is 10.4. The van der Waals surface area contributed by atoms with Gasteiger partial charge in [0.05, 0.1) is 11.0 Å². The van der Waals surface area contributed by atoms with Crippen molar-refractivity contribution in [1.82, 2.24) is 9.55 Å². The zero-order chi connectivity index (χ0) is 26.5. The average Bonchev–Trinajstić information content (AvgIpc) is 3.61. The molecule has 1 aliphatic carbocycles. The Kier molecular flexibility index (Phi) is 5.27. The van der Waals surface area contributed by atoms with Crippen LogP contribution in [0.1, 0.15) is 11.5 Å². The van der Waals surface area contributed by atoms with Gasteiger partial charge in [0.15, 0.2) is 0 Å². The number of imidazole rings is 1. The number of fused-ring (bicyclic) bond motifs is 4. The number of hydrogen-bond acceptors (Lipinski definition) is 2. The standard InChI is InChI=1S/C37H26N2O/c1-2-10-25(11-3-1)26-20-22-29(23-21-26)39-34-18-6-5-17-33(34)38-37(39)28-13-8-12-27(24-28)30-15-9-16-32-31-14-4-7-19-35(31)40-36(30)32/h1-24,31,35H. The van der Waals surface area contributed by atoms with Crippen molar-refractivity contribution in [1.29, 1.82) is 0 Å². The van der Waals surface area contributed by atoms with Crippen LogP contribution in [0, 0.1) is 0 Å². The zero-order valence-electron chi connectivity index (χ0n) is 21.8. The molecule has 190 valence electrons. The molecule has 3 nitrogen and oxygen atoms in total. The molecular weight excluding hydrogens is 488 g/mol. The molecule has 0 spiro atoms. The first-order valence-electron chi connectivity index (χ1n) is 13.7. The molecule has 5 aromatic carbocycles. The van der Waals surface area contributed by atoms with Gasteiger partial charge in [-0.05, 0) is 53.1 Å². The number of para-hydroxylation sites is 3. The lowest BCUT2D eigenvalue weighted by molar-refractivity contribution is 0.270. The highest BCUT2D eigenvalue weighted by molar-refractivity contribution is 5.85. The fraction of sp³-hybridized carbons (Fsp3) is 0.0541. The minimum Gasteiger partial charge on any atom is -0.484 e. The van der Waals surface area contributed by atoms with Gasteiger partial charge in [-0.2, -0.15) is 0 Å². The normalized spacial score (nSPS) is 17.0. The van der Waals surface area contributed by atoms with Crippen LogP contribution >= 0.6 is 0 Å². The van der Waals surface area contributed by atoms with Gasteiger partial charge in [0.25, 0.3) is 0 Å². The van der Waals surface area contributed by atoms with Gasteiger partial charge in [-0.3, -0.25) is 4.57 Å². The Labute approximate surface area is 233 Å². The molecule has 0 N–H and O–H groups in total. The number of rotatable bonds is 4. The van der Waals surface area contributed by atoms with Gasteiger partial charge >= 0.3 is 0 Å². The molecule has 8 rings (SSSR count). The van der Waals surface area contributed by atoms with E-state index in [0.717, 1.165) is 45.0 Å².